The van der Waals surface area contributed by atoms with Gasteiger partial charge in [0.25, 0.3) is 0 Å². The molecule has 5 rings (SSSR count). The molecule has 0 spiro atoms. The highest BCUT2D eigenvalue weighted by atomic mass is 32.1. The fourth-order valence-corrected chi connectivity index (χ4v) is 6.08. The predicted molar refractivity (Wildman–Crippen MR) is 147 cm³/mol. The average molecular weight is 533 g/mol. The lowest BCUT2D eigenvalue weighted by atomic mass is 9.84. The van der Waals surface area contributed by atoms with E-state index in [1.165, 1.54) is 0 Å². The van der Waals surface area contributed by atoms with Crippen LogP contribution in [0.4, 0.5) is 0 Å². The summed E-state index contributed by atoms with van der Waals surface area (Å²) in [5.74, 6) is -0.409. The van der Waals surface area contributed by atoms with Crippen molar-refractivity contribution in [2.45, 2.75) is 51.6 Å². The quantitative estimate of drug-likeness (QED) is 0.282. The molecule has 4 aromatic rings. The number of aromatic nitrogens is 2. The van der Waals surface area contributed by atoms with Crippen LogP contribution >= 0.6 is 11.3 Å². The maximum atomic E-state index is 14.0. The van der Waals surface area contributed by atoms with E-state index in [0.29, 0.717) is 39.1 Å². The van der Waals surface area contributed by atoms with Crippen molar-refractivity contribution in [3.63, 3.8) is 0 Å². The third-order valence-electron chi connectivity index (χ3n) is 7.32. The van der Waals surface area contributed by atoms with Gasteiger partial charge in [-0.3, -0.25) is 14.4 Å². The number of hydrogen-bond acceptors (Lipinski definition) is 6. The van der Waals surface area contributed by atoms with Crippen LogP contribution in [0.3, 0.4) is 0 Å². The zero-order valence-electron chi connectivity index (χ0n) is 21.8. The Balaban J connectivity index is 1.32. The summed E-state index contributed by atoms with van der Waals surface area (Å²) < 4.78 is 8.13. The molecule has 38 heavy (non-hydrogen) atoms. The van der Waals surface area contributed by atoms with Gasteiger partial charge >= 0.3 is 5.97 Å². The second-order valence-corrected chi connectivity index (χ2v) is 10.8. The van der Waals surface area contributed by atoms with E-state index in [4.69, 9.17) is 4.74 Å². The van der Waals surface area contributed by atoms with Gasteiger partial charge in [-0.1, -0.05) is 18.2 Å². The molecule has 3 aromatic heterocycles. The van der Waals surface area contributed by atoms with Crippen molar-refractivity contribution in [3.05, 3.63) is 71.5 Å². The third-order valence-corrected chi connectivity index (χ3v) is 8.33. The number of ether oxygens (including phenoxy) is 1. The average Bonchev–Trinajstić information content (AvgIpc) is 3.53. The number of rotatable bonds is 10. The van der Waals surface area contributed by atoms with Gasteiger partial charge < -0.3 is 18.9 Å². The number of imidazole rings is 1. The van der Waals surface area contributed by atoms with Crippen LogP contribution in [0.1, 0.15) is 44.2 Å². The van der Waals surface area contributed by atoms with Gasteiger partial charge in [-0.05, 0) is 66.8 Å². The highest BCUT2D eigenvalue weighted by Crippen LogP contribution is 2.35. The largest absolute Gasteiger partial charge is 0.466 e. The van der Waals surface area contributed by atoms with E-state index >= 15 is 0 Å². The van der Waals surface area contributed by atoms with Gasteiger partial charge in [-0.15, -0.1) is 11.3 Å². The molecule has 2 amide bonds. The lowest BCUT2D eigenvalue weighted by molar-refractivity contribution is -0.164. The summed E-state index contributed by atoms with van der Waals surface area (Å²) in [4.78, 5) is 47.2. The van der Waals surface area contributed by atoms with Crippen LogP contribution in [-0.4, -0.2) is 62.2 Å². The second kappa shape index (κ2) is 10.9. The van der Waals surface area contributed by atoms with Gasteiger partial charge in [0, 0.05) is 49.3 Å². The van der Waals surface area contributed by atoms with Crippen molar-refractivity contribution in [1.29, 1.82) is 0 Å². The van der Waals surface area contributed by atoms with Gasteiger partial charge in [0.15, 0.2) is 0 Å². The fourth-order valence-electron chi connectivity index (χ4n) is 5.12. The van der Waals surface area contributed by atoms with Crippen molar-refractivity contribution in [3.8, 4) is 0 Å². The molecular weight excluding hydrogens is 500 g/mol. The molecule has 0 aliphatic carbocycles. The SMILES string of the molecule is CCOC(=O)CCCN(Cc1ccn2ccnc2c1)C(=O)C1(C)CCN1C(=O)Cc1csc2ccccc12. The Morgan fingerprint density at radius 3 is 2.82 bits per heavy atom. The number of hydrogen-bond donors (Lipinski definition) is 0. The summed E-state index contributed by atoms with van der Waals surface area (Å²) in [6.07, 6.45) is 7.13. The lowest BCUT2D eigenvalue weighted by Gasteiger charge is -2.51. The van der Waals surface area contributed by atoms with Gasteiger partial charge in [0.05, 0.1) is 13.0 Å². The standard InChI is InChI=1S/C29H32N4O4S/c1-3-37-27(35)9-6-13-32(19-21-10-14-31-16-12-30-25(31)17-21)28(36)29(2)11-15-33(29)26(34)18-22-20-38-24-8-5-4-7-23(22)24/h4-5,7-8,10,12,14,16-17,20H,3,6,9,11,13,15,18-19H2,1-2H3. The summed E-state index contributed by atoms with van der Waals surface area (Å²) in [6.45, 7) is 5.29. The number of likely N-dealkylation sites (tertiary alicyclic amines) is 1. The van der Waals surface area contributed by atoms with Gasteiger partial charge in [-0.25, -0.2) is 4.98 Å². The van der Waals surface area contributed by atoms with Gasteiger partial charge in [0.1, 0.15) is 11.2 Å². The summed E-state index contributed by atoms with van der Waals surface area (Å²) in [7, 11) is 0. The molecule has 1 aliphatic heterocycles. The minimum atomic E-state index is -0.912. The maximum absolute atomic E-state index is 14.0. The molecule has 1 fully saturated rings. The summed E-state index contributed by atoms with van der Waals surface area (Å²) in [5, 5.41) is 3.13. The number of fused-ring (bicyclic) bond motifs is 2. The van der Waals surface area contributed by atoms with E-state index in [1.54, 1.807) is 34.3 Å². The molecule has 1 aromatic carbocycles. The van der Waals surface area contributed by atoms with Crippen LogP contribution in [0.25, 0.3) is 15.7 Å². The first kappa shape index (κ1) is 25.9. The molecule has 0 saturated carbocycles. The van der Waals surface area contributed by atoms with E-state index in [9.17, 15) is 14.4 Å². The van der Waals surface area contributed by atoms with E-state index in [-0.39, 0.29) is 30.6 Å². The molecule has 8 nitrogen and oxygen atoms in total. The van der Waals surface area contributed by atoms with E-state index in [0.717, 1.165) is 26.9 Å². The first-order valence-corrected chi connectivity index (χ1v) is 13.9. The zero-order valence-corrected chi connectivity index (χ0v) is 22.6. The van der Waals surface area contributed by atoms with Crippen LogP contribution < -0.4 is 0 Å². The molecular formula is C29H32N4O4S. The first-order chi connectivity index (χ1) is 18.4. The Morgan fingerprint density at radius 2 is 2.03 bits per heavy atom. The Morgan fingerprint density at radius 1 is 1.18 bits per heavy atom. The van der Waals surface area contributed by atoms with Gasteiger partial charge in [-0.2, -0.15) is 0 Å². The number of pyridine rings is 1. The van der Waals surface area contributed by atoms with Crippen molar-refractivity contribution >= 4 is 44.9 Å². The van der Waals surface area contributed by atoms with Crippen LogP contribution in [-0.2, 0) is 32.1 Å². The van der Waals surface area contributed by atoms with Crippen LogP contribution in [0, 0.1) is 0 Å². The Bertz CT molecular complexity index is 1480. The Hall–Kier alpha value is -3.72. The van der Waals surface area contributed by atoms with E-state index < -0.39 is 5.54 Å². The number of amides is 2. The number of thiophene rings is 1. The normalized spacial score (nSPS) is 16.9. The second-order valence-electron chi connectivity index (χ2n) is 9.87. The monoisotopic (exact) mass is 532 g/mol. The highest BCUT2D eigenvalue weighted by molar-refractivity contribution is 7.17. The number of esters is 1. The van der Waals surface area contributed by atoms with Crippen LogP contribution in [0.2, 0.25) is 0 Å². The number of carbonyl (C=O) groups is 3. The molecule has 9 heteroatoms. The van der Waals surface area contributed by atoms with E-state index in [2.05, 4.69) is 11.1 Å². The van der Waals surface area contributed by atoms with Crippen molar-refractivity contribution < 1.29 is 19.1 Å². The summed E-state index contributed by atoms with van der Waals surface area (Å²) >= 11 is 1.63. The highest BCUT2D eigenvalue weighted by Gasteiger charge is 2.50. The molecule has 198 valence electrons. The molecule has 1 aliphatic rings. The van der Waals surface area contributed by atoms with Crippen molar-refractivity contribution in [1.82, 2.24) is 19.2 Å². The van der Waals surface area contributed by atoms with Gasteiger partial charge in [0.2, 0.25) is 11.8 Å². The van der Waals surface area contributed by atoms with Crippen molar-refractivity contribution in [2.75, 3.05) is 19.7 Å². The minimum absolute atomic E-state index is 0.0408. The predicted octanol–water partition coefficient (Wildman–Crippen LogP) is 4.45. The summed E-state index contributed by atoms with van der Waals surface area (Å²) in [6, 6.07) is 12.0. The Kier molecular flexibility index (Phi) is 7.46. The van der Waals surface area contributed by atoms with Crippen molar-refractivity contribution in [2.24, 2.45) is 0 Å². The Labute approximate surface area is 225 Å². The molecule has 4 heterocycles. The minimum Gasteiger partial charge on any atom is -0.466 e. The smallest absolute Gasteiger partial charge is 0.305 e. The molecule has 1 unspecified atom stereocenters. The number of benzene rings is 1. The topological polar surface area (TPSA) is 84.2 Å². The summed E-state index contributed by atoms with van der Waals surface area (Å²) in [5.41, 5.74) is 1.83. The van der Waals surface area contributed by atoms with Crippen LogP contribution in [0.15, 0.2) is 60.4 Å². The fraction of sp³-hybridized carbons (Fsp3) is 0.379. The maximum Gasteiger partial charge on any atom is 0.305 e. The third kappa shape index (κ3) is 5.15. The number of nitrogens with zero attached hydrogens (tertiary/aromatic N) is 4. The molecule has 0 radical (unpaired) electrons. The van der Waals surface area contributed by atoms with E-state index in [1.807, 2.05) is 59.4 Å². The molecule has 1 saturated heterocycles. The zero-order chi connectivity index (χ0) is 26.7. The first-order valence-electron chi connectivity index (χ1n) is 13.0. The molecule has 1 atom stereocenters. The molecule has 0 bridgehead atoms. The number of carbonyl (C=O) groups excluding carboxylic acids is 3. The molecule has 0 N–H and O–H groups in total. The van der Waals surface area contributed by atoms with Crippen LogP contribution in [0.5, 0.6) is 0 Å². The lowest BCUT2D eigenvalue weighted by Crippen LogP contribution is -2.68.